The van der Waals surface area contributed by atoms with Crippen LogP contribution in [0.2, 0.25) is 0 Å². The number of benzene rings is 3. The molecule has 28 heteroatoms. The molecule has 6 rings (SSSR count). The fourth-order valence-corrected chi connectivity index (χ4v) is 8.22. The summed E-state index contributed by atoms with van der Waals surface area (Å²) in [5.41, 5.74) is 10.3. The van der Waals surface area contributed by atoms with Gasteiger partial charge in [-0.3, -0.25) is 43.3 Å². The molecule has 3 aromatic heterocycles. The molecule has 3 heterocycles. The summed E-state index contributed by atoms with van der Waals surface area (Å²) in [5, 5.41) is 8.91. The van der Waals surface area contributed by atoms with Crippen LogP contribution in [-0.2, 0) is 96.6 Å². The smallest absolute Gasteiger partial charge is 0.478 e. The van der Waals surface area contributed by atoms with Gasteiger partial charge in [0, 0.05) is 31.1 Å². The summed E-state index contributed by atoms with van der Waals surface area (Å²) in [4.78, 5) is 154. The molecule has 3 aromatic carbocycles. The zero-order valence-electron chi connectivity index (χ0n) is 51.0. The van der Waals surface area contributed by atoms with Gasteiger partial charge in [-0.1, -0.05) is 36.4 Å². The standard InChI is InChI=1S/C22H27NO9.C21H25NO8.C19H21NO8/c1-4-28-20(25)16-8-6-15(7-9-16)12-17(21(26)29-5-2)10-11-19(24)23-30-13-18-14(3)31-22(27)32-18;1-4-27-20(25)16-7-5-15(6-8-16)11-17(13(2)23)9-10-19(24)22-28-12-18-14(3)29-21(26)30-18;1-11(21)15(9-13-3-5-14(6-4-13)18(23)24)7-8-17(22)20-26-10-16-12(2)27-19(25)28-16/h6-9,17H,4-5,10-13H2,1-3H3,(H,23,24);5-8,17H,4,9-12H2,1-3H3,(H,22,24);3-6,15H,7-10H2,1-2H3,(H,20,22)(H,23,24). The molecule has 4 N–H and O–H groups in total. The monoisotopic (exact) mass is 1260 g/mol. The van der Waals surface area contributed by atoms with E-state index in [1.807, 2.05) is 0 Å². The maximum Gasteiger partial charge on any atom is 0.519 e. The Kier molecular flexibility index (Phi) is 30.5. The molecule has 0 saturated heterocycles. The molecule has 0 bridgehead atoms. The van der Waals surface area contributed by atoms with E-state index < -0.39 is 65.0 Å². The zero-order valence-corrected chi connectivity index (χ0v) is 51.0. The van der Waals surface area contributed by atoms with Crippen LogP contribution in [0.4, 0.5) is 0 Å². The Hall–Kier alpha value is -9.80. The fraction of sp³-hybridized carbons (Fsp3) is 0.419. The zero-order chi connectivity index (χ0) is 66.3. The van der Waals surface area contributed by atoms with E-state index in [0.29, 0.717) is 49.8 Å². The molecule has 28 nitrogen and oxygen atoms in total. The second kappa shape index (κ2) is 37.8. The lowest BCUT2D eigenvalue weighted by Gasteiger charge is -2.16. The van der Waals surface area contributed by atoms with E-state index in [9.17, 15) is 57.5 Å². The number of ketones is 2. The summed E-state index contributed by atoms with van der Waals surface area (Å²) < 4.78 is 43.3. The highest BCUT2D eigenvalue weighted by Gasteiger charge is 2.24. The van der Waals surface area contributed by atoms with Crippen molar-refractivity contribution in [2.45, 2.75) is 133 Å². The third-order valence-corrected chi connectivity index (χ3v) is 13.2. The van der Waals surface area contributed by atoms with Crippen molar-refractivity contribution in [1.29, 1.82) is 0 Å². The van der Waals surface area contributed by atoms with Crippen molar-refractivity contribution in [3.05, 3.63) is 173 Å². The molecule has 3 unspecified atom stereocenters. The minimum atomic E-state index is -1.02. The largest absolute Gasteiger partial charge is 0.519 e. The summed E-state index contributed by atoms with van der Waals surface area (Å²) in [6, 6.07) is 19.9. The van der Waals surface area contributed by atoms with Gasteiger partial charge in [-0.25, -0.2) is 45.2 Å². The van der Waals surface area contributed by atoms with Gasteiger partial charge in [-0.2, -0.15) is 0 Å². The highest BCUT2D eigenvalue weighted by molar-refractivity contribution is 5.90. The SMILES string of the molecule is CC(=O)C(CCC(=O)NOCc1oc(=O)oc1C)Cc1ccc(C(=O)O)cc1.CCOC(=O)c1ccc(CC(CCC(=O)NOCc2oc(=O)oc2C)C(=O)OCC)cc1.CCOC(=O)c1ccc(CC(CCC(=O)NOCc2oc(=O)oc2C)C(C)=O)cc1. The van der Waals surface area contributed by atoms with E-state index in [2.05, 4.69) is 25.3 Å². The van der Waals surface area contributed by atoms with Crippen LogP contribution in [0.3, 0.4) is 0 Å². The minimum absolute atomic E-state index is 0.0126. The molecule has 3 amide bonds. The van der Waals surface area contributed by atoms with Gasteiger partial charge in [0.25, 0.3) is 0 Å². The quantitative estimate of drug-likeness (QED) is 0.0183. The van der Waals surface area contributed by atoms with E-state index in [0.717, 1.165) is 16.7 Å². The topological polar surface area (TPSA) is 395 Å². The van der Waals surface area contributed by atoms with Crippen LogP contribution in [0.25, 0.3) is 0 Å². The molecule has 6 aromatic rings. The number of carbonyl (C=O) groups is 9. The molecule has 0 radical (unpaired) electrons. The number of carbonyl (C=O) groups excluding carboxylic acids is 8. The van der Waals surface area contributed by atoms with E-state index in [-0.39, 0.29) is 122 Å². The van der Waals surface area contributed by atoms with Gasteiger partial charge in [0.1, 0.15) is 48.7 Å². The van der Waals surface area contributed by atoms with Crippen LogP contribution >= 0.6 is 0 Å². The number of esters is 3. The van der Waals surface area contributed by atoms with Gasteiger partial charge >= 0.3 is 41.3 Å². The first-order chi connectivity index (χ1) is 42.9. The Morgan fingerprint density at radius 3 is 0.978 bits per heavy atom. The predicted molar refractivity (Wildman–Crippen MR) is 310 cm³/mol. The second-order valence-corrected chi connectivity index (χ2v) is 19.9. The molecule has 0 aliphatic carbocycles. The first-order valence-electron chi connectivity index (χ1n) is 28.4. The van der Waals surface area contributed by atoms with Gasteiger partial charge in [0.15, 0.2) is 17.3 Å². The van der Waals surface area contributed by atoms with Crippen LogP contribution in [0.5, 0.6) is 0 Å². The van der Waals surface area contributed by atoms with Crippen LogP contribution in [0, 0.1) is 38.5 Å². The van der Waals surface area contributed by atoms with Crippen molar-refractivity contribution < 1.29 is 103 Å². The number of aryl methyl sites for hydroxylation is 3. The molecule has 90 heavy (non-hydrogen) atoms. The lowest BCUT2D eigenvalue weighted by Crippen LogP contribution is -2.26. The maximum absolute atomic E-state index is 12.3. The molecular formula is C62H73N3O25. The van der Waals surface area contributed by atoms with Crippen molar-refractivity contribution in [2.24, 2.45) is 17.8 Å². The van der Waals surface area contributed by atoms with Crippen LogP contribution in [0.15, 0.2) is 114 Å². The molecule has 0 saturated carbocycles. The Morgan fingerprint density at radius 2 is 0.711 bits per heavy atom. The average Bonchev–Trinajstić information content (AvgIpc) is 4.10. The number of hydroxylamine groups is 3. The number of aromatic carboxylic acids is 1. The third-order valence-electron chi connectivity index (χ3n) is 13.2. The molecule has 0 fully saturated rings. The van der Waals surface area contributed by atoms with E-state index in [1.54, 1.807) is 88.4 Å². The molecule has 0 spiro atoms. The first kappa shape index (κ1) is 72.7. The number of nitrogens with one attached hydrogen (secondary N) is 3. The van der Waals surface area contributed by atoms with Gasteiger partial charge in [0.2, 0.25) is 17.7 Å². The van der Waals surface area contributed by atoms with Crippen LogP contribution < -0.4 is 33.9 Å². The number of carboxylic acids is 1. The summed E-state index contributed by atoms with van der Waals surface area (Å²) in [6.07, 6.45) is 2.23. The summed E-state index contributed by atoms with van der Waals surface area (Å²) in [7, 11) is 0. The van der Waals surface area contributed by atoms with Crippen molar-refractivity contribution in [1.82, 2.24) is 16.4 Å². The number of ether oxygens (including phenoxy) is 3. The number of rotatable bonds is 33. The Morgan fingerprint density at radius 1 is 0.422 bits per heavy atom. The Bertz CT molecular complexity index is 3510. The lowest BCUT2D eigenvalue weighted by atomic mass is 9.91. The third kappa shape index (κ3) is 25.9. The van der Waals surface area contributed by atoms with Gasteiger partial charge in [-0.15, -0.1) is 0 Å². The normalized spacial score (nSPS) is 11.7. The minimum Gasteiger partial charge on any atom is -0.478 e. The number of hydrogen-bond acceptors (Lipinski definition) is 24. The van der Waals surface area contributed by atoms with Gasteiger partial charge in [0.05, 0.1) is 42.4 Å². The second-order valence-electron chi connectivity index (χ2n) is 19.9. The molecular weight excluding hydrogens is 1190 g/mol. The van der Waals surface area contributed by atoms with Crippen molar-refractivity contribution in [3.8, 4) is 0 Å². The maximum atomic E-state index is 12.3. The summed E-state index contributed by atoms with van der Waals surface area (Å²) in [6.45, 7) is 13.1. The van der Waals surface area contributed by atoms with Crippen molar-refractivity contribution >= 4 is 53.2 Å². The number of hydrogen-bond donors (Lipinski definition) is 4. The van der Waals surface area contributed by atoms with Crippen LogP contribution in [0.1, 0.15) is 155 Å². The van der Waals surface area contributed by atoms with E-state index in [4.69, 9.17) is 51.5 Å². The Labute approximate surface area is 514 Å². The number of amides is 3. The summed E-state index contributed by atoms with van der Waals surface area (Å²) in [5.74, 6) is -6.06. The molecule has 486 valence electrons. The van der Waals surface area contributed by atoms with E-state index in [1.165, 1.54) is 39.8 Å². The van der Waals surface area contributed by atoms with Crippen LogP contribution in [-0.4, -0.2) is 78.1 Å². The fourth-order valence-electron chi connectivity index (χ4n) is 8.22. The molecule has 0 aliphatic heterocycles. The highest BCUT2D eigenvalue weighted by atomic mass is 16.7. The number of carboxylic acid groups (broad SMARTS) is 1. The number of Topliss-reactive ketones (excluding diaryl/α,β-unsaturated/α-hetero) is 2. The first-order valence-corrected chi connectivity index (χ1v) is 28.4. The Balaban J connectivity index is 0.000000289. The molecule has 0 aliphatic rings. The summed E-state index contributed by atoms with van der Waals surface area (Å²) >= 11 is 0. The molecule has 3 atom stereocenters. The van der Waals surface area contributed by atoms with Gasteiger partial charge < -0.3 is 45.8 Å². The van der Waals surface area contributed by atoms with Crippen molar-refractivity contribution in [2.75, 3.05) is 19.8 Å². The van der Waals surface area contributed by atoms with Gasteiger partial charge in [-0.05, 0) is 147 Å². The lowest BCUT2D eigenvalue weighted by molar-refractivity contribution is -0.148. The highest BCUT2D eigenvalue weighted by Crippen LogP contribution is 2.21. The van der Waals surface area contributed by atoms with Crippen molar-refractivity contribution in [3.63, 3.8) is 0 Å². The predicted octanol–water partition coefficient (Wildman–Crippen LogP) is 6.98. The average molecular weight is 1260 g/mol. The van der Waals surface area contributed by atoms with E-state index >= 15 is 0 Å².